The molecule has 6 nitrogen and oxygen atoms in total. The van der Waals surface area contributed by atoms with Gasteiger partial charge in [0.25, 0.3) is 0 Å². The number of nitrogens with zero attached hydrogens (tertiary/aromatic N) is 1. The molecule has 0 bridgehead atoms. The molecule has 1 aliphatic heterocycles. The summed E-state index contributed by atoms with van der Waals surface area (Å²) in [6.45, 7) is 0.509. The predicted molar refractivity (Wildman–Crippen MR) is 71.6 cm³/mol. The molecule has 112 valence electrons. The van der Waals surface area contributed by atoms with Gasteiger partial charge >= 0.3 is 5.97 Å². The van der Waals surface area contributed by atoms with Crippen LogP contribution in [0.4, 0.5) is 0 Å². The number of aliphatic carboxylic acids is 1. The van der Waals surface area contributed by atoms with Crippen molar-refractivity contribution >= 4 is 17.8 Å². The number of amides is 2. The van der Waals surface area contributed by atoms with Gasteiger partial charge in [-0.05, 0) is 32.1 Å². The van der Waals surface area contributed by atoms with E-state index < -0.39 is 29.8 Å². The number of piperidine rings is 1. The van der Waals surface area contributed by atoms with Crippen molar-refractivity contribution in [1.29, 1.82) is 0 Å². The summed E-state index contributed by atoms with van der Waals surface area (Å²) < 4.78 is 0. The van der Waals surface area contributed by atoms with Gasteiger partial charge < -0.3 is 15.7 Å². The van der Waals surface area contributed by atoms with E-state index in [0.717, 1.165) is 25.7 Å². The van der Waals surface area contributed by atoms with E-state index in [9.17, 15) is 19.5 Å². The molecule has 6 heteroatoms. The van der Waals surface area contributed by atoms with Crippen molar-refractivity contribution < 1.29 is 19.5 Å². The van der Waals surface area contributed by atoms with Gasteiger partial charge in [0.05, 0.1) is 11.8 Å². The summed E-state index contributed by atoms with van der Waals surface area (Å²) in [7, 11) is 0. The summed E-state index contributed by atoms with van der Waals surface area (Å²) in [5.41, 5.74) is 5.37. The Labute approximate surface area is 118 Å². The summed E-state index contributed by atoms with van der Waals surface area (Å²) in [5.74, 6) is -2.70. The second kappa shape index (κ2) is 6.24. The minimum absolute atomic E-state index is 0.194. The van der Waals surface area contributed by atoms with E-state index in [1.54, 1.807) is 0 Å². The van der Waals surface area contributed by atoms with E-state index in [-0.39, 0.29) is 5.91 Å². The zero-order valence-electron chi connectivity index (χ0n) is 11.6. The van der Waals surface area contributed by atoms with Gasteiger partial charge in [-0.25, -0.2) is 0 Å². The maximum atomic E-state index is 12.6. The number of carboxylic acids is 1. The Morgan fingerprint density at radius 1 is 0.950 bits per heavy atom. The number of hydrogen-bond donors (Lipinski definition) is 2. The van der Waals surface area contributed by atoms with Gasteiger partial charge in [-0.15, -0.1) is 0 Å². The van der Waals surface area contributed by atoms with Gasteiger partial charge in [0.2, 0.25) is 11.8 Å². The molecule has 2 rings (SSSR count). The number of carboxylic acid groups (broad SMARTS) is 1. The van der Waals surface area contributed by atoms with E-state index in [1.807, 2.05) is 0 Å². The van der Waals surface area contributed by atoms with Gasteiger partial charge in [0.1, 0.15) is 6.04 Å². The number of carbonyl (C=O) groups is 3. The molecule has 0 radical (unpaired) electrons. The molecule has 2 aliphatic rings. The number of primary amides is 1. The molecule has 1 unspecified atom stereocenters. The van der Waals surface area contributed by atoms with E-state index in [4.69, 9.17) is 5.73 Å². The second-order valence-corrected chi connectivity index (χ2v) is 5.78. The first-order valence-electron chi connectivity index (χ1n) is 7.35. The number of likely N-dealkylation sites (tertiary alicyclic amines) is 1. The first-order valence-corrected chi connectivity index (χ1v) is 7.35. The Morgan fingerprint density at radius 2 is 1.55 bits per heavy atom. The van der Waals surface area contributed by atoms with Crippen molar-refractivity contribution in [3.63, 3.8) is 0 Å². The molecule has 2 fully saturated rings. The van der Waals surface area contributed by atoms with E-state index >= 15 is 0 Å². The van der Waals surface area contributed by atoms with Crippen molar-refractivity contribution in [2.24, 2.45) is 17.6 Å². The lowest BCUT2D eigenvalue weighted by Gasteiger charge is -2.38. The maximum Gasteiger partial charge on any atom is 0.307 e. The van der Waals surface area contributed by atoms with Crippen LogP contribution in [0.1, 0.15) is 44.9 Å². The van der Waals surface area contributed by atoms with Gasteiger partial charge in [0.15, 0.2) is 0 Å². The van der Waals surface area contributed by atoms with Crippen LogP contribution in [-0.4, -0.2) is 40.4 Å². The standard InChI is InChI=1S/C14H22N2O4/c15-12(17)11-7-3-4-8-16(11)13(18)9-5-1-2-6-10(9)14(19)20/h9-11H,1-8H2,(H2,15,17)(H,19,20)/t9-,10+,11?/m1/s1. The fraction of sp³-hybridized carbons (Fsp3) is 0.786. The Bertz CT molecular complexity index is 374. The molecule has 3 N–H and O–H groups in total. The van der Waals surface area contributed by atoms with Crippen LogP contribution in [-0.2, 0) is 14.4 Å². The third-order valence-electron chi connectivity index (χ3n) is 4.51. The van der Waals surface area contributed by atoms with Crippen molar-refractivity contribution in [2.75, 3.05) is 6.54 Å². The largest absolute Gasteiger partial charge is 0.481 e. The van der Waals surface area contributed by atoms with E-state index in [1.165, 1.54) is 4.90 Å². The number of hydrogen-bond acceptors (Lipinski definition) is 3. The minimum Gasteiger partial charge on any atom is -0.481 e. The molecule has 20 heavy (non-hydrogen) atoms. The summed E-state index contributed by atoms with van der Waals surface area (Å²) in [6.07, 6.45) is 5.17. The van der Waals surface area contributed by atoms with E-state index in [0.29, 0.717) is 25.8 Å². The molecule has 0 spiro atoms. The highest BCUT2D eigenvalue weighted by Crippen LogP contribution is 2.33. The number of rotatable bonds is 3. The van der Waals surface area contributed by atoms with Gasteiger partial charge in [0, 0.05) is 6.54 Å². The monoisotopic (exact) mass is 282 g/mol. The molecule has 0 aromatic rings. The minimum atomic E-state index is -0.907. The normalized spacial score (nSPS) is 30.8. The first-order chi connectivity index (χ1) is 9.52. The van der Waals surface area contributed by atoms with Crippen molar-refractivity contribution in [3.8, 4) is 0 Å². The van der Waals surface area contributed by atoms with Crippen molar-refractivity contribution in [1.82, 2.24) is 4.90 Å². The molecular formula is C14H22N2O4. The average molecular weight is 282 g/mol. The fourth-order valence-corrected chi connectivity index (χ4v) is 3.43. The Morgan fingerprint density at radius 3 is 2.15 bits per heavy atom. The quantitative estimate of drug-likeness (QED) is 0.797. The highest BCUT2D eigenvalue weighted by atomic mass is 16.4. The van der Waals surface area contributed by atoms with Gasteiger partial charge in [-0.3, -0.25) is 14.4 Å². The molecule has 2 amide bonds. The van der Waals surface area contributed by atoms with Crippen molar-refractivity contribution in [3.05, 3.63) is 0 Å². The smallest absolute Gasteiger partial charge is 0.307 e. The maximum absolute atomic E-state index is 12.6. The SMILES string of the molecule is NC(=O)C1CCCCN1C(=O)[C@@H]1CCCC[C@@H]1C(=O)O. The number of carbonyl (C=O) groups excluding carboxylic acids is 2. The Balaban J connectivity index is 2.14. The Hall–Kier alpha value is -1.59. The summed E-state index contributed by atoms with van der Waals surface area (Å²) >= 11 is 0. The lowest BCUT2D eigenvalue weighted by Crippen LogP contribution is -2.53. The Kier molecular flexibility index (Phi) is 4.62. The van der Waals surface area contributed by atoms with Crippen LogP contribution in [0.3, 0.4) is 0 Å². The van der Waals surface area contributed by atoms with Crippen LogP contribution in [0.2, 0.25) is 0 Å². The molecular weight excluding hydrogens is 260 g/mol. The zero-order chi connectivity index (χ0) is 14.7. The molecule has 0 aromatic heterocycles. The number of nitrogens with two attached hydrogens (primary N) is 1. The van der Waals surface area contributed by atoms with Crippen LogP contribution in [0, 0.1) is 11.8 Å². The summed E-state index contributed by atoms with van der Waals surface area (Å²) in [4.78, 5) is 36.9. The summed E-state index contributed by atoms with van der Waals surface area (Å²) in [6, 6.07) is -0.562. The van der Waals surface area contributed by atoms with Crippen LogP contribution < -0.4 is 5.73 Å². The van der Waals surface area contributed by atoms with Gasteiger partial charge in [-0.2, -0.15) is 0 Å². The lowest BCUT2D eigenvalue weighted by molar-refractivity contribution is -0.155. The topological polar surface area (TPSA) is 101 Å². The third-order valence-corrected chi connectivity index (χ3v) is 4.51. The first kappa shape index (κ1) is 14.8. The molecule has 1 aliphatic carbocycles. The molecule has 1 saturated carbocycles. The van der Waals surface area contributed by atoms with Crippen molar-refractivity contribution in [2.45, 2.75) is 51.0 Å². The second-order valence-electron chi connectivity index (χ2n) is 5.78. The average Bonchev–Trinajstić information content (AvgIpc) is 2.46. The molecule has 1 heterocycles. The van der Waals surface area contributed by atoms with Crippen LogP contribution in [0.25, 0.3) is 0 Å². The summed E-state index contributed by atoms with van der Waals surface area (Å²) in [5, 5.41) is 9.27. The molecule has 1 saturated heterocycles. The lowest BCUT2D eigenvalue weighted by atomic mass is 9.78. The van der Waals surface area contributed by atoms with Crippen LogP contribution in [0.15, 0.2) is 0 Å². The highest BCUT2D eigenvalue weighted by Gasteiger charge is 2.41. The highest BCUT2D eigenvalue weighted by molar-refractivity contribution is 5.90. The third kappa shape index (κ3) is 2.94. The molecule has 3 atom stereocenters. The molecule has 0 aromatic carbocycles. The van der Waals surface area contributed by atoms with Gasteiger partial charge in [-0.1, -0.05) is 12.8 Å². The van der Waals surface area contributed by atoms with Crippen LogP contribution in [0.5, 0.6) is 0 Å². The predicted octanol–water partition coefficient (Wildman–Crippen LogP) is 0.744. The fourth-order valence-electron chi connectivity index (χ4n) is 3.43. The van der Waals surface area contributed by atoms with Crippen LogP contribution >= 0.6 is 0 Å². The van der Waals surface area contributed by atoms with E-state index in [2.05, 4.69) is 0 Å². The zero-order valence-corrected chi connectivity index (χ0v) is 11.6.